The lowest BCUT2D eigenvalue weighted by atomic mass is 10.1. The predicted octanol–water partition coefficient (Wildman–Crippen LogP) is 3.24. The van der Waals surface area contributed by atoms with Crippen molar-refractivity contribution in [2.75, 3.05) is 0 Å². The molecule has 0 radical (unpaired) electrons. The number of benzene rings is 1. The molecule has 0 saturated carbocycles. The summed E-state index contributed by atoms with van der Waals surface area (Å²) in [7, 11) is 0. The second-order valence-electron chi connectivity index (χ2n) is 5.90. The molecule has 1 unspecified atom stereocenters. The van der Waals surface area contributed by atoms with Crippen LogP contribution in [-0.4, -0.2) is 21.6 Å². The smallest absolute Gasteiger partial charge is 0.330 e. The lowest BCUT2D eigenvalue weighted by Crippen LogP contribution is -2.34. The van der Waals surface area contributed by atoms with Crippen LogP contribution >= 0.6 is 0 Å². The zero-order valence-corrected chi connectivity index (χ0v) is 13.8. The van der Waals surface area contributed by atoms with E-state index in [0.717, 1.165) is 11.4 Å². The molecule has 1 atom stereocenters. The van der Waals surface area contributed by atoms with Gasteiger partial charge in [-0.1, -0.05) is 30.3 Å². The van der Waals surface area contributed by atoms with Crippen molar-refractivity contribution in [2.45, 2.75) is 39.8 Å². The first-order chi connectivity index (χ1) is 10.8. The zero-order chi connectivity index (χ0) is 17.1. The van der Waals surface area contributed by atoms with Crippen molar-refractivity contribution in [3.63, 3.8) is 0 Å². The molecule has 1 aromatic heterocycles. The van der Waals surface area contributed by atoms with Crippen molar-refractivity contribution in [2.24, 2.45) is 0 Å². The molecule has 23 heavy (non-hydrogen) atoms. The van der Waals surface area contributed by atoms with E-state index >= 15 is 0 Å². The molecule has 0 aliphatic rings. The van der Waals surface area contributed by atoms with Crippen molar-refractivity contribution in [1.29, 1.82) is 0 Å². The van der Waals surface area contributed by atoms with Crippen molar-refractivity contribution < 1.29 is 14.7 Å². The maximum absolute atomic E-state index is 12.6. The number of aromatic nitrogens is 1. The van der Waals surface area contributed by atoms with Crippen molar-refractivity contribution in [3.05, 3.63) is 58.9 Å². The molecule has 1 aromatic carbocycles. The zero-order valence-electron chi connectivity index (χ0n) is 13.8. The highest BCUT2D eigenvalue weighted by Gasteiger charge is 2.25. The highest BCUT2D eigenvalue weighted by molar-refractivity contribution is 5.98. The van der Waals surface area contributed by atoms with Crippen LogP contribution in [0.25, 0.3) is 0 Å². The van der Waals surface area contributed by atoms with Crippen LogP contribution in [0.15, 0.2) is 36.4 Å². The summed E-state index contributed by atoms with van der Waals surface area (Å²) in [5.41, 5.74) is 2.88. The first-order valence-electron chi connectivity index (χ1n) is 7.60. The molecule has 122 valence electrons. The Morgan fingerprint density at radius 2 is 1.74 bits per heavy atom. The van der Waals surface area contributed by atoms with Gasteiger partial charge in [0.1, 0.15) is 0 Å². The van der Waals surface area contributed by atoms with Gasteiger partial charge in [-0.15, -0.1) is 0 Å². The number of carbonyl (C=O) groups excluding carboxylic acids is 1. The van der Waals surface area contributed by atoms with E-state index < -0.39 is 12.0 Å². The number of hydrogen-bond donors (Lipinski definition) is 2. The van der Waals surface area contributed by atoms with E-state index in [1.807, 2.05) is 27.7 Å². The van der Waals surface area contributed by atoms with Gasteiger partial charge in [0.15, 0.2) is 6.04 Å². The first-order valence-corrected chi connectivity index (χ1v) is 7.60. The molecule has 2 N–H and O–H groups in total. The minimum Gasteiger partial charge on any atom is -0.479 e. The van der Waals surface area contributed by atoms with E-state index in [-0.39, 0.29) is 11.9 Å². The van der Waals surface area contributed by atoms with Crippen LogP contribution in [0, 0.1) is 13.8 Å². The number of aryl methyl sites for hydroxylation is 1. The SMILES string of the molecule is Cc1cc(C(=O)NC(C(=O)O)c2ccccc2)c(C)n1C(C)C. The molecule has 2 rings (SSSR count). The number of hydrogen-bond acceptors (Lipinski definition) is 2. The molecule has 5 nitrogen and oxygen atoms in total. The summed E-state index contributed by atoms with van der Waals surface area (Å²) in [5.74, 6) is -1.46. The lowest BCUT2D eigenvalue weighted by molar-refractivity contribution is -0.139. The fourth-order valence-corrected chi connectivity index (χ4v) is 2.94. The fraction of sp³-hybridized carbons (Fsp3) is 0.333. The summed E-state index contributed by atoms with van der Waals surface area (Å²) < 4.78 is 2.06. The maximum atomic E-state index is 12.6. The Bertz CT molecular complexity index is 717. The molecule has 0 aliphatic heterocycles. The monoisotopic (exact) mass is 314 g/mol. The standard InChI is InChI=1S/C18H22N2O3/c1-11(2)20-12(3)10-15(13(20)4)17(21)19-16(18(22)23)14-8-6-5-7-9-14/h5-11,16H,1-4H3,(H,19,21)(H,22,23). The molecule has 2 aromatic rings. The van der Waals surface area contributed by atoms with Crippen LogP contribution in [0.5, 0.6) is 0 Å². The van der Waals surface area contributed by atoms with Gasteiger partial charge in [0.2, 0.25) is 0 Å². The van der Waals surface area contributed by atoms with Crippen molar-refractivity contribution in [1.82, 2.24) is 9.88 Å². The number of aliphatic carboxylic acids is 1. The van der Waals surface area contributed by atoms with Gasteiger partial charge >= 0.3 is 5.97 Å². The van der Waals surface area contributed by atoms with Gasteiger partial charge in [-0.25, -0.2) is 4.79 Å². The average molecular weight is 314 g/mol. The summed E-state index contributed by atoms with van der Waals surface area (Å²) in [6, 6.07) is 9.67. The van der Waals surface area contributed by atoms with Crippen LogP contribution in [0.3, 0.4) is 0 Å². The third-order valence-corrected chi connectivity index (χ3v) is 3.90. The molecular formula is C18H22N2O3. The Hall–Kier alpha value is -2.56. The number of nitrogens with one attached hydrogen (secondary N) is 1. The van der Waals surface area contributed by atoms with Crippen LogP contribution in [-0.2, 0) is 4.79 Å². The van der Waals surface area contributed by atoms with Gasteiger partial charge in [0.05, 0.1) is 5.56 Å². The van der Waals surface area contributed by atoms with E-state index in [0.29, 0.717) is 11.1 Å². The third-order valence-electron chi connectivity index (χ3n) is 3.90. The molecule has 0 aliphatic carbocycles. The minimum absolute atomic E-state index is 0.237. The molecule has 1 heterocycles. The Morgan fingerprint density at radius 3 is 2.22 bits per heavy atom. The Morgan fingerprint density at radius 1 is 1.13 bits per heavy atom. The minimum atomic E-state index is -1.08. The second-order valence-corrected chi connectivity index (χ2v) is 5.90. The normalized spacial score (nSPS) is 12.2. The third kappa shape index (κ3) is 3.44. The van der Waals surface area contributed by atoms with E-state index in [9.17, 15) is 14.7 Å². The fourth-order valence-electron chi connectivity index (χ4n) is 2.94. The quantitative estimate of drug-likeness (QED) is 0.890. The molecule has 0 spiro atoms. The number of carbonyl (C=O) groups is 2. The van der Waals surface area contributed by atoms with Gasteiger partial charge in [0, 0.05) is 17.4 Å². The van der Waals surface area contributed by atoms with Gasteiger partial charge in [0.25, 0.3) is 5.91 Å². The van der Waals surface area contributed by atoms with E-state index in [1.54, 1.807) is 36.4 Å². The largest absolute Gasteiger partial charge is 0.479 e. The number of nitrogens with zero attached hydrogens (tertiary/aromatic N) is 1. The number of carboxylic acids is 1. The Labute approximate surface area is 135 Å². The number of amides is 1. The summed E-state index contributed by atoms with van der Waals surface area (Å²) in [6.07, 6.45) is 0. The average Bonchev–Trinajstić information content (AvgIpc) is 2.80. The van der Waals surface area contributed by atoms with Crippen molar-refractivity contribution >= 4 is 11.9 Å². The lowest BCUT2D eigenvalue weighted by Gasteiger charge is -2.16. The van der Waals surface area contributed by atoms with E-state index in [4.69, 9.17) is 0 Å². The molecule has 0 fully saturated rings. The summed E-state index contributed by atoms with van der Waals surface area (Å²) in [6.45, 7) is 7.91. The predicted molar refractivity (Wildman–Crippen MR) is 88.6 cm³/mol. The summed E-state index contributed by atoms with van der Waals surface area (Å²) in [5, 5.41) is 12.0. The molecule has 0 bridgehead atoms. The van der Waals surface area contributed by atoms with Gasteiger partial charge in [-0.3, -0.25) is 4.79 Å². The van der Waals surface area contributed by atoms with Crippen LogP contribution in [0.4, 0.5) is 0 Å². The topological polar surface area (TPSA) is 71.3 Å². The number of carboxylic acid groups (broad SMARTS) is 1. The van der Waals surface area contributed by atoms with Crippen LogP contribution < -0.4 is 5.32 Å². The maximum Gasteiger partial charge on any atom is 0.330 e. The summed E-state index contributed by atoms with van der Waals surface area (Å²) in [4.78, 5) is 24.1. The molecule has 1 amide bonds. The second kappa shape index (κ2) is 6.69. The van der Waals surface area contributed by atoms with E-state index in [2.05, 4.69) is 9.88 Å². The molecular weight excluding hydrogens is 292 g/mol. The highest BCUT2D eigenvalue weighted by Crippen LogP contribution is 2.21. The molecule has 5 heteroatoms. The Kier molecular flexibility index (Phi) is 4.89. The first kappa shape index (κ1) is 16.8. The van der Waals surface area contributed by atoms with Gasteiger partial charge < -0.3 is 15.0 Å². The highest BCUT2D eigenvalue weighted by atomic mass is 16.4. The van der Waals surface area contributed by atoms with Crippen LogP contribution in [0.2, 0.25) is 0 Å². The van der Waals surface area contributed by atoms with Gasteiger partial charge in [-0.2, -0.15) is 0 Å². The Balaban J connectivity index is 2.30. The molecule has 0 saturated heterocycles. The van der Waals surface area contributed by atoms with E-state index in [1.165, 1.54) is 0 Å². The van der Waals surface area contributed by atoms with Crippen molar-refractivity contribution in [3.8, 4) is 0 Å². The summed E-state index contributed by atoms with van der Waals surface area (Å²) >= 11 is 0. The van der Waals surface area contributed by atoms with Crippen LogP contribution in [0.1, 0.15) is 53.2 Å². The number of rotatable bonds is 5. The van der Waals surface area contributed by atoms with Gasteiger partial charge in [-0.05, 0) is 39.3 Å².